The third kappa shape index (κ3) is 4.74. The van der Waals surface area contributed by atoms with Gasteiger partial charge in [0.25, 0.3) is 0 Å². The van der Waals surface area contributed by atoms with Gasteiger partial charge in [-0.05, 0) is 44.0 Å². The standard InChI is InChI=1S/C21H24N4O4S/c1-14(26)16-10-17(12-18(11-16)25(3)30(4,27)28)19-23-24-20(29-19)21(2,22)13-15-8-6-5-7-9-15/h5-12H,13,22H2,1-4H3. The van der Waals surface area contributed by atoms with E-state index in [1.165, 1.54) is 20.0 Å². The first kappa shape index (κ1) is 21.7. The molecule has 3 rings (SSSR count). The zero-order valence-electron chi connectivity index (χ0n) is 17.3. The summed E-state index contributed by atoms with van der Waals surface area (Å²) in [6.07, 6.45) is 1.58. The molecular formula is C21H24N4O4S. The fraction of sp³-hybridized carbons (Fsp3) is 0.286. The molecule has 2 N–H and O–H groups in total. The molecule has 3 aromatic rings. The van der Waals surface area contributed by atoms with E-state index in [4.69, 9.17) is 10.2 Å². The first-order valence-electron chi connectivity index (χ1n) is 9.24. The summed E-state index contributed by atoms with van der Waals surface area (Å²) in [5, 5.41) is 8.18. The first-order chi connectivity index (χ1) is 14.0. The maximum absolute atomic E-state index is 12.0. The van der Waals surface area contributed by atoms with Crippen molar-refractivity contribution in [2.45, 2.75) is 25.8 Å². The van der Waals surface area contributed by atoms with Gasteiger partial charge in [-0.25, -0.2) is 8.42 Å². The van der Waals surface area contributed by atoms with Crippen LogP contribution in [0.2, 0.25) is 0 Å². The summed E-state index contributed by atoms with van der Waals surface area (Å²) in [6, 6.07) is 14.4. The van der Waals surface area contributed by atoms with Gasteiger partial charge >= 0.3 is 0 Å². The lowest BCUT2D eigenvalue weighted by molar-refractivity contribution is 0.101. The van der Waals surface area contributed by atoms with Crippen LogP contribution in [-0.2, 0) is 22.0 Å². The smallest absolute Gasteiger partial charge is 0.247 e. The normalized spacial score (nSPS) is 13.6. The van der Waals surface area contributed by atoms with Crippen molar-refractivity contribution in [1.82, 2.24) is 10.2 Å². The van der Waals surface area contributed by atoms with Crippen molar-refractivity contribution in [3.8, 4) is 11.5 Å². The van der Waals surface area contributed by atoms with Crippen LogP contribution in [0.1, 0.15) is 35.7 Å². The molecule has 0 aliphatic heterocycles. The third-order valence-electron chi connectivity index (χ3n) is 4.76. The second-order valence-electron chi connectivity index (χ2n) is 7.55. The zero-order chi connectivity index (χ0) is 22.1. The van der Waals surface area contributed by atoms with E-state index in [0.717, 1.165) is 16.1 Å². The summed E-state index contributed by atoms with van der Waals surface area (Å²) in [5.41, 5.74) is 7.64. The van der Waals surface area contributed by atoms with Gasteiger partial charge in [0.2, 0.25) is 21.8 Å². The number of hydrogen-bond acceptors (Lipinski definition) is 7. The number of rotatable bonds is 7. The van der Waals surface area contributed by atoms with Crippen LogP contribution in [0.5, 0.6) is 0 Å². The number of ketones is 1. The van der Waals surface area contributed by atoms with Crippen LogP contribution >= 0.6 is 0 Å². The molecule has 1 aromatic heterocycles. The van der Waals surface area contributed by atoms with E-state index in [9.17, 15) is 13.2 Å². The predicted octanol–water partition coefficient (Wildman–Crippen LogP) is 2.75. The number of aromatic nitrogens is 2. The van der Waals surface area contributed by atoms with Crippen molar-refractivity contribution >= 4 is 21.5 Å². The van der Waals surface area contributed by atoms with Crippen LogP contribution < -0.4 is 10.0 Å². The van der Waals surface area contributed by atoms with Crippen LogP contribution in [0.4, 0.5) is 5.69 Å². The van der Waals surface area contributed by atoms with Crippen molar-refractivity contribution in [3.05, 3.63) is 65.5 Å². The lowest BCUT2D eigenvalue weighted by Crippen LogP contribution is -2.35. The number of carbonyl (C=O) groups excluding carboxylic acids is 1. The van der Waals surface area contributed by atoms with E-state index < -0.39 is 15.6 Å². The third-order valence-corrected chi connectivity index (χ3v) is 5.97. The van der Waals surface area contributed by atoms with Gasteiger partial charge < -0.3 is 10.2 Å². The highest BCUT2D eigenvalue weighted by atomic mass is 32.2. The number of benzene rings is 2. The van der Waals surface area contributed by atoms with E-state index in [2.05, 4.69) is 10.2 Å². The van der Waals surface area contributed by atoms with Gasteiger partial charge in [0.05, 0.1) is 17.5 Å². The van der Waals surface area contributed by atoms with Crippen LogP contribution in [0.25, 0.3) is 11.5 Å². The average molecular weight is 429 g/mol. The first-order valence-corrected chi connectivity index (χ1v) is 11.1. The van der Waals surface area contributed by atoms with Gasteiger partial charge in [0.15, 0.2) is 5.78 Å². The van der Waals surface area contributed by atoms with Gasteiger partial charge in [-0.3, -0.25) is 9.10 Å². The Balaban J connectivity index is 1.99. The van der Waals surface area contributed by atoms with Crippen molar-refractivity contribution in [2.24, 2.45) is 5.73 Å². The molecule has 1 heterocycles. The van der Waals surface area contributed by atoms with Crippen molar-refractivity contribution in [1.29, 1.82) is 0 Å². The molecule has 2 aromatic carbocycles. The maximum Gasteiger partial charge on any atom is 0.247 e. The summed E-state index contributed by atoms with van der Waals surface area (Å²) in [5.74, 6) is 0.182. The maximum atomic E-state index is 12.0. The molecule has 0 bridgehead atoms. The van der Waals surface area contributed by atoms with Gasteiger partial charge in [-0.2, -0.15) is 0 Å². The van der Waals surface area contributed by atoms with Crippen LogP contribution in [0, 0.1) is 0 Å². The summed E-state index contributed by atoms with van der Waals surface area (Å²) in [6.45, 7) is 3.20. The largest absolute Gasteiger partial charge is 0.419 e. The number of nitrogens with two attached hydrogens (primary N) is 1. The van der Waals surface area contributed by atoms with Gasteiger partial charge in [-0.15, -0.1) is 10.2 Å². The highest BCUT2D eigenvalue weighted by Crippen LogP contribution is 2.30. The highest BCUT2D eigenvalue weighted by Gasteiger charge is 2.29. The minimum atomic E-state index is -3.51. The van der Waals surface area contributed by atoms with E-state index in [0.29, 0.717) is 23.2 Å². The molecule has 0 saturated carbocycles. The quantitative estimate of drug-likeness (QED) is 0.575. The second kappa shape index (κ2) is 8.00. The molecule has 9 heteroatoms. The highest BCUT2D eigenvalue weighted by molar-refractivity contribution is 7.92. The Kier molecular flexibility index (Phi) is 5.78. The number of sulfonamides is 1. The van der Waals surface area contributed by atoms with E-state index >= 15 is 0 Å². The molecule has 8 nitrogen and oxygen atoms in total. The Bertz CT molecular complexity index is 1170. The molecule has 0 saturated heterocycles. The van der Waals surface area contributed by atoms with Crippen LogP contribution in [0.3, 0.4) is 0 Å². The number of anilines is 1. The van der Waals surface area contributed by atoms with Gasteiger partial charge in [0, 0.05) is 18.2 Å². The summed E-state index contributed by atoms with van der Waals surface area (Å²) in [7, 11) is -2.10. The number of Topliss-reactive ketones (excluding diaryl/α,β-unsaturated/α-hetero) is 1. The average Bonchev–Trinajstić information content (AvgIpc) is 3.18. The minimum Gasteiger partial charge on any atom is -0.419 e. The Morgan fingerprint density at radius 2 is 1.83 bits per heavy atom. The lowest BCUT2D eigenvalue weighted by atomic mass is 9.94. The topological polar surface area (TPSA) is 119 Å². The second-order valence-corrected chi connectivity index (χ2v) is 9.56. The molecule has 0 aliphatic carbocycles. The SMILES string of the molecule is CC(=O)c1cc(-c2nnc(C(C)(N)Cc3ccccc3)o2)cc(N(C)S(C)(=O)=O)c1. The van der Waals surface area contributed by atoms with E-state index in [-0.39, 0.29) is 17.6 Å². The zero-order valence-corrected chi connectivity index (χ0v) is 18.1. The Morgan fingerprint density at radius 1 is 1.17 bits per heavy atom. The Morgan fingerprint density at radius 3 is 2.43 bits per heavy atom. The predicted molar refractivity (Wildman–Crippen MR) is 115 cm³/mol. The molecule has 0 radical (unpaired) electrons. The molecule has 0 aliphatic rings. The van der Waals surface area contributed by atoms with Crippen molar-refractivity contribution in [3.63, 3.8) is 0 Å². The molecule has 158 valence electrons. The number of nitrogens with zero attached hydrogens (tertiary/aromatic N) is 3. The number of carbonyl (C=O) groups is 1. The van der Waals surface area contributed by atoms with Crippen molar-refractivity contribution in [2.75, 3.05) is 17.6 Å². The molecular weight excluding hydrogens is 404 g/mol. The van der Waals surface area contributed by atoms with Crippen LogP contribution in [-0.4, -0.2) is 37.7 Å². The molecule has 0 amide bonds. The molecule has 30 heavy (non-hydrogen) atoms. The summed E-state index contributed by atoms with van der Waals surface area (Å²) >= 11 is 0. The molecule has 0 spiro atoms. The number of hydrogen-bond donors (Lipinski definition) is 1. The monoisotopic (exact) mass is 428 g/mol. The molecule has 0 fully saturated rings. The fourth-order valence-electron chi connectivity index (χ4n) is 2.98. The van der Waals surface area contributed by atoms with E-state index in [1.54, 1.807) is 19.1 Å². The molecule has 1 unspecified atom stereocenters. The minimum absolute atomic E-state index is 0.154. The Labute approximate surface area is 175 Å². The lowest BCUT2D eigenvalue weighted by Gasteiger charge is -2.20. The summed E-state index contributed by atoms with van der Waals surface area (Å²) in [4.78, 5) is 12.0. The summed E-state index contributed by atoms with van der Waals surface area (Å²) < 4.78 is 30.8. The van der Waals surface area contributed by atoms with E-state index in [1.807, 2.05) is 30.3 Å². The van der Waals surface area contributed by atoms with Gasteiger partial charge in [0.1, 0.15) is 0 Å². The van der Waals surface area contributed by atoms with Crippen molar-refractivity contribution < 1.29 is 17.6 Å². The Hall–Kier alpha value is -3.04. The van der Waals surface area contributed by atoms with Crippen LogP contribution in [0.15, 0.2) is 52.9 Å². The molecule has 1 atom stereocenters. The van der Waals surface area contributed by atoms with Gasteiger partial charge in [-0.1, -0.05) is 30.3 Å². The fourth-order valence-corrected chi connectivity index (χ4v) is 3.47.